The van der Waals surface area contributed by atoms with Crippen LogP contribution in [-0.2, 0) is 17.8 Å². The smallest absolute Gasteiger partial charge is 0.261 e. The molecule has 4 aromatic rings. The Morgan fingerprint density at radius 3 is 2.57 bits per heavy atom. The van der Waals surface area contributed by atoms with Crippen LogP contribution in [0.25, 0.3) is 22.6 Å². The molecule has 5 rings (SSSR count). The summed E-state index contributed by atoms with van der Waals surface area (Å²) in [6.45, 7) is 2.95. The number of fused-ring (bicyclic) bond motifs is 1. The van der Waals surface area contributed by atoms with Crippen molar-refractivity contribution in [3.63, 3.8) is 0 Å². The number of amides is 1. The van der Waals surface area contributed by atoms with Crippen molar-refractivity contribution in [2.75, 3.05) is 11.9 Å². The van der Waals surface area contributed by atoms with Crippen LogP contribution in [0.5, 0.6) is 0 Å². The molecule has 0 spiro atoms. The summed E-state index contributed by atoms with van der Waals surface area (Å²) in [7, 11) is 0. The summed E-state index contributed by atoms with van der Waals surface area (Å²) < 4.78 is 11.0. The van der Waals surface area contributed by atoms with Crippen molar-refractivity contribution in [2.24, 2.45) is 0 Å². The van der Waals surface area contributed by atoms with Crippen molar-refractivity contribution < 1.29 is 14.1 Å². The molecule has 0 saturated carbocycles. The quantitative estimate of drug-likeness (QED) is 0.500. The molecular weight excluding hydrogens is 398 g/mol. The molecule has 0 atom stereocenters. The minimum atomic E-state index is -0.174. The third-order valence-electron chi connectivity index (χ3n) is 5.04. The highest BCUT2D eigenvalue weighted by Gasteiger charge is 2.27. The first-order valence-electron chi connectivity index (χ1n) is 9.69. The summed E-state index contributed by atoms with van der Waals surface area (Å²) in [6, 6.07) is 17.7. The Balaban J connectivity index is 1.44. The molecule has 150 valence electrons. The summed E-state index contributed by atoms with van der Waals surface area (Å²) in [5.74, 6) is 0.819. The summed E-state index contributed by atoms with van der Waals surface area (Å²) in [4.78, 5) is 18.4. The van der Waals surface area contributed by atoms with Crippen molar-refractivity contribution in [3.05, 3.63) is 76.4 Å². The van der Waals surface area contributed by atoms with Crippen LogP contribution in [0.4, 0.5) is 5.00 Å². The number of hydrogen-bond donors (Lipinski definition) is 1. The number of rotatable bonds is 4. The van der Waals surface area contributed by atoms with Crippen molar-refractivity contribution in [1.82, 2.24) is 10.1 Å². The first-order chi connectivity index (χ1) is 14.7. The van der Waals surface area contributed by atoms with E-state index in [9.17, 15) is 4.79 Å². The molecule has 0 aliphatic carbocycles. The second-order valence-corrected chi connectivity index (χ2v) is 8.16. The highest BCUT2D eigenvalue weighted by atomic mass is 32.1. The van der Waals surface area contributed by atoms with Gasteiger partial charge >= 0.3 is 0 Å². The van der Waals surface area contributed by atoms with Gasteiger partial charge in [0.25, 0.3) is 11.8 Å². The molecule has 2 aromatic carbocycles. The predicted molar refractivity (Wildman–Crippen MR) is 116 cm³/mol. The van der Waals surface area contributed by atoms with E-state index < -0.39 is 0 Å². The van der Waals surface area contributed by atoms with Crippen molar-refractivity contribution in [3.8, 4) is 22.6 Å². The third-order valence-corrected chi connectivity index (χ3v) is 6.16. The molecule has 0 unspecified atom stereocenters. The fraction of sp³-hybridized carbons (Fsp3) is 0.174. The van der Waals surface area contributed by atoms with Gasteiger partial charge in [-0.3, -0.25) is 4.79 Å². The lowest BCUT2D eigenvalue weighted by molar-refractivity contribution is 0.102. The molecule has 6 nitrogen and oxygen atoms in total. The van der Waals surface area contributed by atoms with E-state index in [1.54, 1.807) is 6.92 Å². The molecule has 30 heavy (non-hydrogen) atoms. The molecule has 1 N–H and O–H groups in total. The number of nitrogens with one attached hydrogen (secondary N) is 1. The van der Waals surface area contributed by atoms with E-state index in [-0.39, 0.29) is 5.91 Å². The summed E-state index contributed by atoms with van der Waals surface area (Å²) in [5, 5.41) is 7.67. The minimum Gasteiger partial charge on any atom is -0.376 e. The van der Waals surface area contributed by atoms with Gasteiger partial charge in [0.15, 0.2) is 5.82 Å². The Kier molecular flexibility index (Phi) is 4.90. The standard InChI is InChI=1S/C23H19N3O3S/c1-14-24-22(29-26-14)20-18-11-12-28-13-19(18)30-23(20)25-21(27)17-9-7-16(8-10-17)15-5-3-2-4-6-15/h2-10H,11-13H2,1H3,(H,25,27). The van der Waals surface area contributed by atoms with Crippen LogP contribution in [0.1, 0.15) is 26.6 Å². The predicted octanol–water partition coefficient (Wildman–Crippen LogP) is 5.10. The van der Waals surface area contributed by atoms with Gasteiger partial charge in [0.2, 0.25) is 0 Å². The number of aromatic nitrogens is 2. The molecule has 0 fully saturated rings. The summed E-state index contributed by atoms with van der Waals surface area (Å²) >= 11 is 1.50. The van der Waals surface area contributed by atoms with Gasteiger partial charge in [0.1, 0.15) is 5.00 Å². The fourth-order valence-corrected chi connectivity index (χ4v) is 4.74. The zero-order valence-electron chi connectivity index (χ0n) is 16.3. The van der Waals surface area contributed by atoms with E-state index in [1.807, 2.05) is 54.6 Å². The second-order valence-electron chi connectivity index (χ2n) is 7.05. The van der Waals surface area contributed by atoms with Crippen LogP contribution >= 0.6 is 11.3 Å². The summed E-state index contributed by atoms with van der Waals surface area (Å²) in [6.07, 6.45) is 0.754. The highest BCUT2D eigenvalue weighted by Crippen LogP contribution is 2.42. The number of carbonyl (C=O) groups excluding carboxylic acids is 1. The van der Waals surface area contributed by atoms with Crippen molar-refractivity contribution in [1.29, 1.82) is 0 Å². The van der Waals surface area contributed by atoms with E-state index in [0.717, 1.165) is 33.6 Å². The molecule has 0 radical (unpaired) electrons. The summed E-state index contributed by atoms with van der Waals surface area (Å²) in [5.41, 5.74) is 4.70. The fourth-order valence-electron chi connectivity index (χ4n) is 3.57. The number of thiophene rings is 1. The zero-order valence-corrected chi connectivity index (χ0v) is 17.2. The van der Waals surface area contributed by atoms with Gasteiger partial charge < -0.3 is 14.6 Å². The lowest BCUT2D eigenvalue weighted by atomic mass is 10.0. The lowest BCUT2D eigenvalue weighted by Crippen LogP contribution is -2.12. The number of nitrogens with zero attached hydrogens (tertiary/aromatic N) is 2. The molecule has 1 aliphatic heterocycles. The molecule has 0 saturated heterocycles. The maximum atomic E-state index is 13.0. The topological polar surface area (TPSA) is 77.2 Å². The maximum absolute atomic E-state index is 13.0. The Labute approximate surface area is 177 Å². The van der Waals surface area contributed by atoms with Crippen molar-refractivity contribution >= 4 is 22.2 Å². The van der Waals surface area contributed by atoms with Gasteiger partial charge in [-0.05, 0) is 42.2 Å². The normalized spacial score (nSPS) is 13.1. The molecular formula is C23H19N3O3S. The first-order valence-corrected chi connectivity index (χ1v) is 10.5. The SMILES string of the molecule is Cc1noc(-c2c(NC(=O)c3ccc(-c4ccccc4)cc3)sc3c2CCOC3)n1. The molecule has 0 bridgehead atoms. The number of benzene rings is 2. The lowest BCUT2D eigenvalue weighted by Gasteiger charge is -2.12. The Bertz CT molecular complexity index is 1200. The van der Waals surface area contributed by atoms with Gasteiger partial charge in [0, 0.05) is 10.4 Å². The van der Waals surface area contributed by atoms with E-state index in [0.29, 0.717) is 35.5 Å². The molecule has 1 amide bonds. The molecule has 2 aromatic heterocycles. The number of carbonyl (C=O) groups is 1. The number of aryl methyl sites for hydroxylation is 1. The number of anilines is 1. The van der Waals surface area contributed by atoms with Crippen LogP contribution in [0.2, 0.25) is 0 Å². The number of ether oxygens (including phenoxy) is 1. The average Bonchev–Trinajstić information content (AvgIpc) is 3.37. The molecule has 3 heterocycles. The van der Waals surface area contributed by atoms with Crippen LogP contribution in [0.3, 0.4) is 0 Å². The van der Waals surface area contributed by atoms with Gasteiger partial charge in [-0.15, -0.1) is 11.3 Å². The Morgan fingerprint density at radius 2 is 1.83 bits per heavy atom. The van der Waals surface area contributed by atoms with E-state index in [1.165, 1.54) is 11.3 Å². The largest absolute Gasteiger partial charge is 0.376 e. The van der Waals surface area contributed by atoms with Crippen LogP contribution < -0.4 is 5.32 Å². The maximum Gasteiger partial charge on any atom is 0.261 e. The van der Waals surface area contributed by atoms with E-state index in [2.05, 4.69) is 15.5 Å². The Hall–Kier alpha value is -3.29. The van der Waals surface area contributed by atoms with Crippen molar-refractivity contribution in [2.45, 2.75) is 20.0 Å². The third kappa shape index (κ3) is 3.53. The van der Waals surface area contributed by atoms with Gasteiger partial charge in [-0.25, -0.2) is 0 Å². The molecule has 1 aliphatic rings. The minimum absolute atomic E-state index is 0.174. The molecule has 7 heteroatoms. The average molecular weight is 417 g/mol. The van der Waals surface area contributed by atoms with Gasteiger partial charge in [-0.1, -0.05) is 47.6 Å². The monoisotopic (exact) mass is 417 g/mol. The van der Waals surface area contributed by atoms with E-state index >= 15 is 0 Å². The number of hydrogen-bond acceptors (Lipinski definition) is 6. The highest BCUT2D eigenvalue weighted by molar-refractivity contribution is 7.17. The van der Waals surface area contributed by atoms with Crippen LogP contribution in [0, 0.1) is 6.92 Å². The zero-order chi connectivity index (χ0) is 20.5. The Morgan fingerprint density at radius 1 is 1.07 bits per heavy atom. The van der Waals surface area contributed by atoms with Gasteiger partial charge in [-0.2, -0.15) is 4.98 Å². The van der Waals surface area contributed by atoms with E-state index in [4.69, 9.17) is 9.26 Å². The van der Waals surface area contributed by atoms with Gasteiger partial charge in [0.05, 0.1) is 18.8 Å². The first kappa shape index (κ1) is 18.7. The van der Waals surface area contributed by atoms with Crippen LogP contribution in [0.15, 0.2) is 59.1 Å². The second kappa shape index (κ2) is 7.85. The van der Waals surface area contributed by atoms with Crippen LogP contribution in [-0.4, -0.2) is 22.7 Å².